The van der Waals surface area contributed by atoms with Gasteiger partial charge >= 0.3 is 12.1 Å². The predicted molar refractivity (Wildman–Crippen MR) is 135 cm³/mol. The van der Waals surface area contributed by atoms with Gasteiger partial charge < -0.3 is 19.3 Å². The van der Waals surface area contributed by atoms with Crippen molar-refractivity contribution < 1.29 is 32.3 Å². The summed E-state index contributed by atoms with van der Waals surface area (Å²) in [5.41, 5.74) is 0.609. The molecule has 9 nitrogen and oxygen atoms in total. The Morgan fingerprint density at radius 1 is 1.05 bits per heavy atom. The molecule has 204 valence electrons. The quantitative estimate of drug-likeness (QED) is 0.324. The van der Waals surface area contributed by atoms with Crippen molar-refractivity contribution in [2.45, 2.75) is 26.6 Å². The number of anilines is 1. The van der Waals surface area contributed by atoms with Gasteiger partial charge in [-0.05, 0) is 48.2 Å². The maximum atomic E-state index is 13.1. The fourth-order valence-electron chi connectivity index (χ4n) is 4.36. The zero-order valence-corrected chi connectivity index (χ0v) is 19.9. The standard InChI is InChI=1S/C26H22F3N5O4.CH4/c27-26(28,29)21-10-11-30-25(31-21)34-13-18(20(14-34)24(35)36)12-16-6-8-19(9-7-16)37-15-22-32-23(38-33-22)17-4-2-1-3-5-17;/h1-11,18,20H,12-15H2,(H,35,36);1H4/t18-,20+;/m1./s1. The summed E-state index contributed by atoms with van der Waals surface area (Å²) in [4.78, 5) is 25.2. The van der Waals surface area contributed by atoms with Gasteiger partial charge in [0.1, 0.15) is 11.4 Å². The number of benzene rings is 2. The lowest BCUT2D eigenvalue weighted by atomic mass is 9.90. The maximum Gasteiger partial charge on any atom is 0.433 e. The van der Waals surface area contributed by atoms with Crippen LogP contribution in [0.15, 0.2) is 71.4 Å². The molecule has 0 saturated carbocycles. The molecule has 5 rings (SSSR count). The molecule has 0 unspecified atom stereocenters. The number of alkyl halides is 3. The van der Waals surface area contributed by atoms with E-state index in [4.69, 9.17) is 9.26 Å². The van der Waals surface area contributed by atoms with E-state index in [9.17, 15) is 23.1 Å². The monoisotopic (exact) mass is 541 g/mol. The third-order valence-corrected chi connectivity index (χ3v) is 6.25. The lowest BCUT2D eigenvalue weighted by molar-refractivity contribution is -0.142. The number of halogens is 3. The van der Waals surface area contributed by atoms with Crippen molar-refractivity contribution in [3.8, 4) is 17.2 Å². The molecular formula is C27H26F3N5O4. The minimum Gasteiger partial charge on any atom is -0.485 e. The third kappa shape index (κ3) is 6.51. The number of ether oxygens (including phenoxy) is 1. The molecule has 0 spiro atoms. The number of hydrogen-bond donors (Lipinski definition) is 1. The molecule has 4 aromatic rings. The Morgan fingerprint density at radius 2 is 1.79 bits per heavy atom. The molecule has 1 aliphatic heterocycles. The van der Waals surface area contributed by atoms with Crippen LogP contribution in [-0.2, 0) is 24.0 Å². The lowest BCUT2D eigenvalue weighted by Crippen LogP contribution is -2.25. The fourth-order valence-corrected chi connectivity index (χ4v) is 4.36. The van der Waals surface area contributed by atoms with Crippen LogP contribution >= 0.6 is 0 Å². The van der Waals surface area contributed by atoms with Crippen molar-refractivity contribution >= 4 is 11.9 Å². The van der Waals surface area contributed by atoms with Crippen LogP contribution in [0.2, 0.25) is 0 Å². The second-order valence-corrected chi connectivity index (χ2v) is 8.87. The lowest BCUT2D eigenvalue weighted by Gasteiger charge is -2.17. The van der Waals surface area contributed by atoms with Crippen LogP contribution in [0.1, 0.15) is 24.5 Å². The van der Waals surface area contributed by atoms with Gasteiger partial charge in [-0.15, -0.1) is 0 Å². The van der Waals surface area contributed by atoms with Crippen LogP contribution in [0.5, 0.6) is 5.75 Å². The Morgan fingerprint density at radius 3 is 2.49 bits per heavy atom. The van der Waals surface area contributed by atoms with Crippen LogP contribution in [-0.4, -0.2) is 44.3 Å². The SMILES string of the molecule is C.O=C(O)[C@H]1CN(c2nccc(C(F)(F)F)n2)C[C@H]1Cc1ccc(OCc2noc(-c3ccccc3)n2)cc1. The molecule has 2 aromatic heterocycles. The molecule has 2 atom stereocenters. The molecule has 3 heterocycles. The van der Waals surface area contributed by atoms with Gasteiger partial charge in [-0.25, -0.2) is 9.97 Å². The van der Waals surface area contributed by atoms with E-state index in [1.54, 1.807) is 12.1 Å². The van der Waals surface area contributed by atoms with Crippen LogP contribution in [0, 0.1) is 11.8 Å². The predicted octanol–water partition coefficient (Wildman–Crippen LogP) is 5.14. The molecule has 1 fully saturated rings. The number of aliphatic carboxylic acids is 1. The first kappa shape index (κ1) is 27.6. The zero-order chi connectivity index (χ0) is 26.7. The summed E-state index contributed by atoms with van der Waals surface area (Å²) in [6.07, 6.45) is -3.16. The first-order valence-electron chi connectivity index (χ1n) is 11.7. The Labute approximate surface area is 222 Å². The van der Waals surface area contributed by atoms with E-state index in [1.165, 1.54) is 4.90 Å². The van der Waals surface area contributed by atoms with Crippen molar-refractivity contribution in [2.24, 2.45) is 11.8 Å². The number of nitrogens with zero attached hydrogens (tertiary/aromatic N) is 5. The second-order valence-electron chi connectivity index (χ2n) is 8.87. The van der Waals surface area contributed by atoms with Gasteiger partial charge in [-0.2, -0.15) is 18.2 Å². The van der Waals surface area contributed by atoms with Gasteiger partial charge in [0.05, 0.1) is 5.92 Å². The molecule has 12 heteroatoms. The molecule has 1 N–H and O–H groups in total. The van der Waals surface area contributed by atoms with Gasteiger partial charge in [0.2, 0.25) is 11.8 Å². The largest absolute Gasteiger partial charge is 0.485 e. The number of carbonyl (C=O) groups is 1. The highest BCUT2D eigenvalue weighted by atomic mass is 19.4. The minimum atomic E-state index is -4.61. The Bertz CT molecular complexity index is 1400. The average Bonchev–Trinajstić information content (AvgIpc) is 3.56. The highest BCUT2D eigenvalue weighted by molar-refractivity contribution is 5.72. The second kappa shape index (κ2) is 11.5. The van der Waals surface area contributed by atoms with E-state index in [1.807, 2.05) is 42.5 Å². The normalized spacial score (nSPS) is 17.1. The van der Waals surface area contributed by atoms with Crippen molar-refractivity contribution in [1.29, 1.82) is 0 Å². The van der Waals surface area contributed by atoms with Crippen molar-refractivity contribution in [3.63, 3.8) is 0 Å². The summed E-state index contributed by atoms with van der Waals surface area (Å²) in [6.45, 7) is 0.349. The molecule has 1 aliphatic rings. The Hall–Kier alpha value is -4.48. The zero-order valence-electron chi connectivity index (χ0n) is 19.9. The number of carboxylic acid groups (broad SMARTS) is 1. The Balaban J connectivity index is 0.00000353. The first-order valence-corrected chi connectivity index (χ1v) is 11.7. The topological polar surface area (TPSA) is 114 Å². The van der Waals surface area contributed by atoms with E-state index < -0.39 is 23.8 Å². The number of aromatic nitrogens is 4. The number of carboxylic acids is 1. The average molecular weight is 542 g/mol. The van der Waals surface area contributed by atoms with Crippen molar-refractivity contribution in [1.82, 2.24) is 20.1 Å². The molecule has 0 amide bonds. The third-order valence-electron chi connectivity index (χ3n) is 6.25. The van der Waals surface area contributed by atoms with Gasteiger partial charge in [-0.3, -0.25) is 4.79 Å². The smallest absolute Gasteiger partial charge is 0.433 e. The highest BCUT2D eigenvalue weighted by Crippen LogP contribution is 2.32. The minimum absolute atomic E-state index is 0. The molecule has 0 bridgehead atoms. The fraction of sp³-hybridized carbons (Fsp3) is 0.296. The summed E-state index contributed by atoms with van der Waals surface area (Å²) >= 11 is 0. The molecule has 2 aromatic carbocycles. The van der Waals surface area contributed by atoms with E-state index in [2.05, 4.69) is 20.1 Å². The van der Waals surface area contributed by atoms with Crippen LogP contribution in [0.3, 0.4) is 0 Å². The van der Waals surface area contributed by atoms with Gasteiger partial charge in [0, 0.05) is 24.8 Å². The van der Waals surface area contributed by atoms with E-state index in [-0.39, 0.29) is 39.0 Å². The summed E-state index contributed by atoms with van der Waals surface area (Å²) < 4.78 is 50.2. The summed E-state index contributed by atoms with van der Waals surface area (Å²) in [6, 6.07) is 17.3. The maximum absolute atomic E-state index is 13.1. The number of hydrogen-bond acceptors (Lipinski definition) is 8. The molecule has 1 saturated heterocycles. The van der Waals surface area contributed by atoms with Gasteiger partial charge in [0.25, 0.3) is 5.89 Å². The van der Waals surface area contributed by atoms with E-state index >= 15 is 0 Å². The van der Waals surface area contributed by atoms with Gasteiger partial charge in [0.15, 0.2) is 6.61 Å². The Kier molecular flexibility index (Phi) is 8.12. The van der Waals surface area contributed by atoms with Crippen LogP contribution < -0.4 is 9.64 Å². The molecule has 39 heavy (non-hydrogen) atoms. The number of rotatable bonds is 8. The van der Waals surface area contributed by atoms with Crippen molar-refractivity contribution in [3.05, 3.63) is 83.9 Å². The van der Waals surface area contributed by atoms with E-state index in [0.717, 1.165) is 23.4 Å². The van der Waals surface area contributed by atoms with Gasteiger partial charge in [-0.1, -0.05) is 42.9 Å². The van der Waals surface area contributed by atoms with Crippen LogP contribution in [0.4, 0.5) is 19.1 Å². The summed E-state index contributed by atoms with van der Waals surface area (Å²) in [5.74, 6) is -0.906. The summed E-state index contributed by atoms with van der Waals surface area (Å²) in [7, 11) is 0. The van der Waals surface area contributed by atoms with Crippen LogP contribution in [0.25, 0.3) is 11.5 Å². The van der Waals surface area contributed by atoms with Crippen molar-refractivity contribution in [2.75, 3.05) is 18.0 Å². The molecule has 0 radical (unpaired) electrons. The first-order chi connectivity index (χ1) is 18.3. The molecule has 0 aliphatic carbocycles. The molecular weight excluding hydrogens is 515 g/mol. The summed E-state index contributed by atoms with van der Waals surface area (Å²) in [5, 5.41) is 13.6. The highest BCUT2D eigenvalue weighted by Gasteiger charge is 2.40. The van der Waals surface area contributed by atoms with E-state index in [0.29, 0.717) is 23.9 Å².